The molecule has 1 aliphatic rings. The Bertz CT molecular complexity index is 621. The minimum Gasteiger partial charge on any atom is -0.326 e. The van der Waals surface area contributed by atoms with Gasteiger partial charge in [0.15, 0.2) is 0 Å². The maximum absolute atomic E-state index is 6.09. The number of pyridine rings is 1. The topological polar surface area (TPSA) is 42.1 Å². The van der Waals surface area contributed by atoms with Crippen molar-refractivity contribution >= 4 is 11.5 Å². The molecule has 0 amide bonds. The largest absolute Gasteiger partial charge is 0.326 e. The van der Waals surface area contributed by atoms with Gasteiger partial charge in [0.25, 0.3) is 0 Å². The molecule has 0 unspecified atom stereocenters. The second-order valence-corrected chi connectivity index (χ2v) is 5.45. The summed E-state index contributed by atoms with van der Waals surface area (Å²) < 4.78 is 0. The van der Waals surface area contributed by atoms with Crippen LogP contribution in [0.2, 0.25) is 0 Å². The third-order valence-electron chi connectivity index (χ3n) is 4.08. The van der Waals surface area contributed by atoms with E-state index in [4.69, 9.17) is 5.73 Å². The lowest BCUT2D eigenvalue weighted by Gasteiger charge is -2.21. The summed E-state index contributed by atoms with van der Waals surface area (Å²) in [6.07, 6.45) is 3.96. The van der Waals surface area contributed by atoms with Crippen LogP contribution in [0.15, 0.2) is 36.5 Å². The molecule has 1 aromatic heterocycles. The molecule has 1 aromatic carbocycles. The lowest BCUT2D eigenvalue weighted by molar-refractivity contribution is 0.694. The average Bonchev–Trinajstić information content (AvgIpc) is 2.90. The predicted octanol–water partition coefficient (Wildman–Crippen LogP) is 3.49. The molecule has 0 bridgehead atoms. The van der Waals surface area contributed by atoms with Crippen LogP contribution in [0.3, 0.4) is 0 Å². The van der Waals surface area contributed by atoms with Crippen LogP contribution in [0.1, 0.15) is 36.1 Å². The average molecular weight is 267 g/mol. The fraction of sp³-hybridized carbons (Fsp3) is 0.353. The van der Waals surface area contributed by atoms with Crippen LogP contribution in [0.25, 0.3) is 0 Å². The number of nitrogens with zero attached hydrogens (tertiary/aromatic N) is 2. The van der Waals surface area contributed by atoms with Crippen molar-refractivity contribution in [2.75, 3.05) is 11.4 Å². The van der Waals surface area contributed by atoms with Gasteiger partial charge in [-0.2, -0.15) is 0 Å². The summed E-state index contributed by atoms with van der Waals surface area (Å²) in [6.45, 7) is 5.23. The number of nitrogens with two attached hydrogens (primary N) is 1. The molecule has 0 spiro atoms. The van der Waals surface area contributed by atoms with E-state index < -0.39 is 0 Å². The van der Waals surface area contributed by atoms with Gasteiger partial charge >= 0.3 is 0 Å². The van der Waals surface area contributed by atoms with Crippen LogP contribution in [0, 0.1) is 6.92 Å². The van der Waals surface area contributed by atoms with Gasteiger partial charge in [-0.3, -0.25) is 0 Å². The summed E-state index contributed by atoms with van der Waals surface area (Å²) in [6, 6.07) is 10.8. The van der Waals surface area contributed by atoms with E-state index in [2.05, 4.69) is 54.1 Å². The number of aryl methyl sites for hydroxylation is 1. The number of aromatic nitrogens is 1. The van der Waals surface area contributed by atoms with E-state index in [1.54, 1.807) is 0 Å². The minimum absolute atomic E-state index is 0.0844. The third kappa shape index (κ3) is 2.18. The minimum atomic E-state index is 0.0844. The highest BCUT2D eigenvalue weighted by atomic mass is 15.2. The van der Waals surface area contributed by atoms with E-state index in [0.29, 0.717) is 0 Å². The zero-order valence-electron chi connectivity index (χ0n) is 12.1. The number of benzene rings is 1. The molecule has 3 heteroatoms. The molecule has 1 atom stereocenters. The fourth-order valence-corrected chi connectivity index (χ4v) is 2.87. The summed E-state index contributed by atoms with van der Waals surface area (Å²) in [5.74, 6) is 1.06. The molecule has 104 valence electrons. The van der Waals surface area contributed by atoms with Gasteiger partial charge in [-0.15, -0.1) is 0 Å². The van der Waals surface area contributed by atoms with Crippen molar-refractivity contribution < 1.29 is 0 Å². The first-order valence-corrected chi connectivity index (χ1v) is 7.28. The van der Waals surface area contributed by atoms with Crippen LogP contribution < -0.4 is 10.6 Å². The number of hydrogen-bond donors (Lipinski definition) is 1. The van der Waals surface area contributed by atoms with Crippen molar-refractivity contribution in [1.82, 2.24) is 4.98 Å². The summed E-state index contributed by atoms with van der Waals surface area (Å²) in [5.41, 5.74) is 11.1. The van der Waals surface area contributed by atoms with Crippen molar-refractivity contribution in [2.45, 2.75) is 32.7 Å². The molecule has 0 fully saturated rings. The monoisotopic (exact) mass is 267 g/mol. The molecule has 2 N–H and O–H groups in total. The first-order valence-electron chi connectivity index (χ1n) is 7.28. The molecule has 0 saturated carbocycles. The maximum atomic E-state index is 6.09. The number of fused-ring (bicyclic) bond motifs is 1. The van der Waals surface area contributed by atoms with Crippen molar-refractivity contribution in [1.29, 1.82) is 0 Å². The van der Waals surface area contributed by atoms with Gasteiger partial charge in [0.1, 0.15) is 5.82 Å². The van der Waals surface area contributed by atoms with Crippen LogP contribution >= 0.6 is 0 Å². The van der Waals surface area contributed by atoms with Gasteiger partial charge in [0.2, 0.25) is 0 Å². The number of anilines is 2. The molecule has 0 radical (unpaired) electrons. The van der Waals surface area contributed by atoms with E-state index in [1.165, 1.54) is 16.8 Å². The summed E-state index contributed by atoms with van der Waals surface area (Å²) >= 11 is 0. The third-order valence-corrected chi connectivity index (χ3v) is 4.08. The molecular weight excluding hydrogens is 246 g/mol. The smallest absolute Gasteiger partial charge is 0.135 e. The van der Waals surface area contributed by atoms with Crippen molar-refractivity contribution in [3.8, 4) is 0 Å². The highest BCUT2D eigenvalue weighted by molar-refractivity contribution is 5.69. The maximum Gasteiger partial charge on any atom is 0.135 e. The van der Waals surface area contributed by atoms with E-state index in [0.717, 1.165) is 30.8 Å². The number of rotatable bonds is 3. The van der Waals surface area contributed by atoms with Crippen LogP contribution in [0.4, 0.5) is 11.5 Å². The Kier molecular flexibility index (Phi) is 3.45. The van der Waals surface area contributed by atoms with Crippen molar-refractivity contribution in [3.05, 3.63) is 53.2 Å². The van der Waals surface area contributed by atoms with Crippen molar-refractivity contribution in [3.63, 3.8) is 0 Å². The molecule has 2 aromatic rings. The van der Waals surface area contributed by atoms with Gasteiger partial charge in [0.05, 0.1) is 0 Å². The second-order valence-electron chi connectivity index (χ2n) is 5.45. The predicted molar refractivity (Wildman–Crippen MR) is 83.3 cm³/mol. The lowest BCUT2D eigenvalue weighted by Crippen LogP contribution is -2.17. The number of para-hydroxylation sites is 1. The van der Waals surface area contributed by atoms with E-state index in [9.17, 15) is 0 Å². The van der Waals surface area contributed by atoms with E-state index in [1.807, 2.05) is 6.20 Å². The Morgan fingerprint density at radius 3 is 2.90 bits per heavy atom. The molecule has 1 aliphatic heterocycles. The Morgan fingerprint density at radius 1 is 1.35 bits per heavy atom. The van der Waals surface area contributed by atoms with Gasteiger partial charge < -0.3 is 10.6 Å². The highest BCUT2D eigenvalue weighted by Gasteiger charge is 2.22. The van der Waals surface area contributed by atoms with Crippen molar-refractivity contribution in [2.24, 2.45) is 5.73 Å². The Hall–Kier alpha value is -1.87. The Labute approximate surface area is 120 Å². The van der Waals surface area contributed by atoms with Crippen LogP contribution in [0.5, 0.6) is 0 Å². The second kappa shape index (κ2) is 5.25. The molecule has 0 saturated heterocycles. The molecule has 20 heavy (non-hydrogen) atoms. The summed E-state index contributed by atoms with van der Waals surface area (Å²) in [5, 5.41) is 0. The summed E-state index contributed by atoms with van der Waals surface area (Å²) in [7, 11) is 0. The Morgan fingerprint density at radius 2 is 2.15 bits per heavy atom. The van der Waals surface area contributed by atoms with Gasteiger partial charge in [0, 0.05) is 24.5 Å². The molecule has 2 heterocycles. The zero-order chi connectivity index (χ0) is 14.1. The van der Waals surface area contributed by atoms with Crippen LogP contribution in [-0.4, -0.2) is 11.5 Å². The molecular formula is C17H21N3. The Balaban J connectivity index is 1.96. The SMILES string of the molecule is CC[C@H](N)c1cnc(N2CCc3ccccc32)c(C)c1. The normalized spacial score (nSPS) is 15.2. The highest BCUT2D eigenvalue weighted by Crippen LogP contribution is 2.35. The quantitative estimate of drug-likeness (QED) is 0.925. The van der Waals surface area contributed by atoms with Gasteiger partial charge in [-0.05, 0) is 48.6 Å². The standard InChI is InChI=1S/C17H21N3/c1-3-15(18)14-10-12(2)17(19-11-14)20-9-8-13-6-4-5-7-16(13)20/h4-7,10-11,15H,3,8-9,18H2,1-2H3/t15-/m0/s1. The van der Waals surface area contributed by atoms with E-state index >= 15 is 0 Å². The zero-order valence-corrected chi connectivity index (χ0v) is 12.1. The first-order chi connectivity index (χ1) is 9.70. The number of hydrogen-bond acceptors (Lipinski definition) is 3. The molecule has 3 rings (SSSR count). The summed E-state index contributed by atoms with van der Waals surface area (Å²) in [4.78, 5) is 6.99. The van der Waals surface area contributed by atoms with E-state index in [-0.39, 0.29) is 6.04 Å². The fourth-order valence-electron chi connectivity index (χ4n) is 2.87. The van der Waals surface area contributed by atoms with Gasteiger partial charge in [-0.1, -0.05) is 25.1 Å². The first kappa shape index (κ1) is 13.1. The van der Waals surface area contributed by atoms with Crippen LogP contribution in [-0.2, 0) is 6.42 Å². The molecule has 3 nitrogen and oxygen atoms in total. The van der Waals surface area contributed by atoms with Gasteiger partial charge in [-0.25, -0.2) is 4.98 Å². The lowest BCUT2D eigenvalue weighted by atomic mass is 10.1. The molecule has 0 aliphatic carbocycles.